The topological polar surface area (TPSA) is 67.5 Å². The van der Waals surface area contributed by atoms with Crippen LogP contribution in [0.25, 0.3) is 5.65 Å². The molecule has 0 radical (unpaired) electrons. The Hall–Kier alpha value is -1.91. The molecule has 0 bridgehead atoms. The lowest BCUT2D eigenvalue weighted by atomic mass is 10.1. The maximum absolute atomic E-state index is 10.8. The Morgan fingerprint density at radius 1 is 1.47 bits per heavy atom. The summed E-state index contributed by atoms with van der Waals surface area (Å²) < 4.78 is 1.72. The summed E-state index contributed by atoms with van der Waals surface area (Å²) in [5.74, 6) is -0.753. The van der Waals surface area contributed by atoms with Crippen LogP contribution in [0.3, 0.4) is 0 Å². The Morgan fingerprint density at radius 3 is 2.80 bits per heavy atom. The Labute approximate surface area is 86.4 Å². The lowest BCUT2D eigenvalue weighted by Gasteiger charge is -2.07. The molecule has 5 nitrogen and oxygen atoms in total. The summed E-state index contributed by atoms with van der Waals surface area (Å²) in [6, 6.07) is 1.87. The second kappa shape index (κ2) is 3.34. The molecule has 1 N–H and O–H groups in total. The van der Waals surface area contributed by atoms with Gasteiger partial charge < -0.3 is 5.11 Å². The molecule has 0 aliphatic rings. The van der Waals surface area contributed by atoms with E-state index in [4.69, 9.17) is 5.11 Å². The van der Waals surface area contributed by atoms with E-state index in [1.54, 1.807) is 10.6 Å². The molecule has 2 aromatic heterocycles. The van der Waals surface area contributed by atoms with Gasteiger partial charge in [0, 0.05) is 11.9 Å². The summed E-state index contributed by atoms with van der Waals surface area (Å²) in [4.78, 5) is 18.7. The van der Waals surface area contributed by atoms with Crippen LogP contribution in [-0.4, -0.2) is 25.4 Å². The van der Waals surface area contributed by atoms with Crippen LogP contribution in [0.4, 0.5) is 0 Å². The van der Waals surface area contributed by atoms with Gasteiger partial charge in [-0.15, -0.1) is 0 Å². The molecule has 0 spiro atoms. The molecule has 0 unspecified atom stereocenters. The van der Waals surface area contributed by atoms with E-state index in [-0.39, 0.29) is 5.69 Å². The SMILES string of the molecule is CC(C)c1ccnc2c(C(=O)O)ncn12. The van der Waals surface area contributed by atoms with Gasteiger partial charge in [-0.2, -0.15) is 0 Å². The van der Waals surface area contributed by atoms with E-state index in [0.717, 1.165) is 5.69 Å². The lowest BCUT2D eigenvalue weighted by molar-refractivity contribution is 0.0693. The van der Waals surface area contributed by atoms with Gasteiger partial charge in [-0.3, -0.25) is 4.40 Å². The number of hydrogen-bond acceptors (Lipinski definition) is 3. The number of imidazole rings is 1. The van der Waals surface area contributed by atoms with Crippen LogP contribution in [0, 0.1) is 0 Å². The molecular formula is C10H11N3O2. The first-order chi connectivity index (χ1) is 7.11. The van der Waals surface area contributed by atoms with Crippen LogP contribution in [0.2, 0.25) is 0 Å². The predicted octanol–water partition coefficient (Wildman–Crippen LogP) is 1.55. The van der Waals surface area contributed by atoms with Crippen LogP contribution in [0.15, 0.2) is 18.6 Å². The molecule has 0 aliphatic carbocycles. The minimum absolute atomic E-state index is 0.00231. The van der Waals surface area contributed by atoms with Crippen molar-refractivity contribution in [3.8, 4) is 0 Å². The molecular weight excluding hydrogens is 194 g/mol. The van der Waals surface area contributed by atoms with Crippen molar-refractivity contribution in [3.63, 3.8) is 0 Å². The van der Waals surface area contributed by atoms with Gasteiger partial charge in [0.15, 0.2) is 11.3 Å². The van der Waals surface area contributed by atoms with Gasteiger partial charge in [0.25, 0.3) is 0 Å². The van der Waals surface area contributed by atoms with Crippen LogP contribution in [0.5, 0.6) is 0 Å². The van der Waals surface area contributed by atoms with Crippen molar-refractivity contribution in [2.75, 3.05) is 0 Å². The van der Waals surface area contributed by atoms with E-state index in [2.05, 4.69) is 9.97 Å². The third-order valence-corrected chi connectivity index (χ3v) is 2.26. The summed E-state index contributed by atoms with van der Waals surface area (Å²) >= 11 is 0. The fraction of sp³-hybridized carbons (Fsp3) is 0.300. The highest BCUT2D eigenvalue weighted by atomic mass is 16.4. The van der Waals surface area contributed by atoms with Crippen LogP contribution >= 0.6 is 0 Å². The van der Waals surface area contributed by atoms with Crippen molar-refractivity contribution >= 4 is 11.6 Å². The Bertz CT molecular complexity index is 516. The highest BCUT2D eigenvalue weighted by Crippen LogP contribution is 2.16. The summed E-state index contributed by atoms with van der Waals surface area (Å²) in [5.41, 5.74) is 1.39. The molecule has 0 fully saturated rings. The van der Waals surface area contributed by atoms with Gasteiger partial charge in [0.2, 0.25) is 0 Å². The first-order valence-corrected chi connectivity index (χ1v) is 4.66. The summed E-state index contributed by atoms with van der Waals surface area (Å²) in [6.45, 7) is 4.07. The highest BCUT2D eigenvalue weighted by molar-refractivity contribution is 5.92. The van der Waals surface area contributed by atoms with Crippen molar-refractivity contribution in [1.29, 1.82) is 0 Å². The van der Waals surface area contributed by atoms with Gasteiger partial charge in [-0.05, 0) is 12.0 Å². The molecule has 0 saturated heterocycles. The number of carbonyl (C=O) groups is 1. The zero-order valence-electron chi connectivity index (χ0n) is 8.51. The summed E-state index contributed by atoms with van der Waals surface area (Å²) in [5, 5.41) is 8.89. The highest BCUT2D eigenvalue weighted by Gasteiger charge is 2.15. The van der Waals surface area contributed by atoms with E-state index in [1.807, 2.05) is 19.9 Å². The summed E-state index contributed by atoms with van der Waals surface area (Å²) in [7, 11) is 0. The number of aromatic carboxylic acids is 1. The van der Waals surface area contributed by atoms with Gasteiger partial charge in [0.05, 0.1) is 0 Å². The summed E-state index contributed by atoms with van der Waals surface area (Å²) in [6.07, 6.45) is 3.11. The van der Waals surface area contributed by atoms with Gasteiger partial charge >= 0.3 is 5.97 Å². The van der Waals surface area contributed by atoms with Crippen molar-refractivity contribution in [2.45, 2.75) is 19.8 Å². The number of fused-ring (bicyclic) bond motifs is 1. The molecule has 2 rings (SSSR count). The van der Waals surface area contributed by atoms with Gasteiger partial charge in [-0.1, -0.05) is 13.8 Å². The maximum atomic E-state index is 10.8. The molecule has 0 saturated carbocycles. The quantitative estimate of drug-likeness (QED) is 0.807. The van der Waals surface area contributed by atoms with E-state index < -0.39 is 5.97 Å². The van der Waals surface area contributed by atoms with Gasteiger partial charge in [0.1, 0.15) is 6.33 Å². The number of nitrogens with zero attached hydrogens (tertiary/aromatic N) is 3. The molecule has 2 heterocycles. The third-order valence-electron chi connectivity index (χ3n) is 2.26. The number of carboxylic acids is 1. The van der Waals surface area contributed by atoms with Crippen LogP contribution in [0.1, 0.15) is 35.9 Å². The van der Waals surface area contributed by atoms with Crippen molar-refractivity contribution in [3.05, 3.63) is 30.0 Å². The standard InChI is InChI=1S/C10H11N3O2/c1-6(2)7-3-4-11-9-8(10(14)15)12-5-13(7)9/h3-6H,1-2H3,(H,14,15). The number of carboxylic acid groups (broad SMARTS) is 1. The Kier molecular flexibility index (Phi) is 2.15. The zero-order valence-corrected chi connectivity index (χ0v) is 8.51. The zero-order chi connectivity index (χ0) is 11.0. The molecule has 78 valence electrons. The third kappa shape index (κ3) is 1.45. The minimum atomic E-state index is -1.05. The average molecular weight is 205 g/mol. The Balaban J connectivity index is 2.74. The smallest absolute Gasteiger partial charge is 0.358 e. The molecule has 0 aliphatic heterocycles. The first kappa shape index (κ1) is 9.64. The molecule has 15 heavy (non-hydrogen) atoms. The predicted molar refractivity (Wildman–Crippen MR) is 54.0 cm³/mol. The van der Waals surface area contributed by atoms with Crippen molar-refractivity contribution < 1.29 is 9.90 Å². The first-order valence-electron chi connectivity index (χ1n) is 4.66. The molecule has 5 heteroatoms. The second-order valence-corrected chi connectivity index (χ2v) is 3.62. The number of rotatable bonds is 2. The molecule has 0 atom stereocenters. The molecule has 0 amide bonds. The largest absolute Gasteiger partial charge is 0.476 e. The molecule has 0 aromatic carbocycles. The lowest BCUT2D eigenvalue weighted by Crippen LogP contribution is -2.02. The van der Waals surface area contributed by atoms with Crippen molar-refractivity contribution in [1.82, 2.24) is 14.4 Å². The van der Waals surface area contributed by atoms with Gasteiger partial charge in [-0.25, -0.2) is 14.8 Å². The average Bonchev–Trinajstić information content (AvgIpc) is 2.59. The van der Waals surface area contributed by atoms with Crippen LogP contribution < -0.4 is 0 Å². The minimum Gasteiger partial charge on any atom is -0.476 e. The fourth-order valence-corrected chi connectivity index (χ4v) is 1.54. The van der Waals surface area contributed by atoms with E-state index in [1.165, 1.54) is 6.33 Å². The second-order valence-electron chi connectivity index (χ2n) is 3.62. The van der Waals surface area contributed by atoms with E-state index in [9.17, 15) is 4.79 Å². The maximum Gasteiger partial charge on any atom is 0.358 e. The van der Waals surface area contributed by atoms with E-state index >= 15 is 0 Å². The number of hydrogen-bond donors (Lipinski definition) is 1. The Morgan fingerprint density at radius 2 is 2.20 bits per heavy atom. The van der Waals surface area contributed by atoms with Crippen molar-refractivity contribution in [2.24, 2.45) is 0 Å². The molecule has 2 aromatic rings. The van der Waals surface area contributed by atoms with E-state index in [0.29, 0.717) is 11.6 Å². The monoisotopic (exact) mass is 205 g/mol. The normalized spacial score (nSPS) is 11.1. The number of aromatic nitrogens is 3. The fourth-order valence-electron chi connectivity index (χ4n) is 1.54. The van der Waals surface area contributed by atoms with Crippen LogP contribution in [-0.2, 0) is 0 Å².